The highest BCUT2D eigenvalue weighted by Crippen LogP contribution is 2.20. The molecule has 1 aromatic carbocycles. The minimum absolute atomic E-state index is 0.233. The first-order chi connectivity index (χ1) is 12.4. The van der Waals surface area contributed by atoms with Crippen LogP contribution in [0.15, 0.2) is 47.4 Å². The van der Waals surface area contributed by atoms with Crippen molar-refractivity contribution in [3.8, 4) is 0 Å². The van der Waals surface area contributed by atoms with Crippen LogP contribution in [0.25, 0.3) is 0 Å². The van der Waals surface area contributed by atoms with Gasteiger partial charge in [0.25, 0.3) is 0 Å². The maximum Gasteiger partial charge on any atom is 0.346 e. The molecule has 1 saturated heterocycles. The lowest BCUT2D eigenvalue weighted by Crippen LogP contribution is -2.34. The number of anilines is 1. The van der Waals surface area contributed by atoms with Gasteiger partial charge in [0, 0.05) is 6.20 Å². The lowest BCUT2D eigenvalue weighted by molar-refractivity contribution is -0.133. The number of aromatic nitrogens is 2. The molecule has 1 aliphatic rings. The molecule has 4 atom stereocenters. The third-order valence-corrected chi connectivity index (χ3v) is 3.42. The number of aromatic amines is 1. The summed E-state index contributed by atoms with van der Waals surface area (Å²) in [6.07, 6.45) is -3.60. The first-order valence-corrected chi connectivity index (χ1v) is 7.61. The minimum atomic E-state index is -1.46. The van der Waals surface area contributed by atoms with E-state index in [0.29, 0.717) is 5.56 Å². The number of hydrogen-bond acceptors (Lipinski definition) is 9. The third kappa shape index (κ3) is 5.36. The number of ether oxygens (including phenoxy) is 2. The van der Waals surface area contributed by atoms with Gasteiger partial charge in [0.15, 0.2) is 6.29 Å². The van der Waals surface area contributed by atoms with Crippen LogP contribution in [0, 0.1) is 0 Å². The molecule has 0 saturated carbocycles. The van der Waals surface area contributed by atoms with Crippen molar-refractivity contribution in [3.63, 3.8) is 0 Å². The molecular weight excluding hydrogens is 346 g/mol. The number of rotatable bonds is 3. The summed E-state index contributed by atoms with van der Waals surface area (Å²) < 4.78 is 9.78. The van der Waals surface area contributed by atoms with Crippen LogP contribution in [0.2, 0.25) is 0 Å². The SMILES string of the molecule is Nc1cc[nH]c(=O)n1.O=C(OC[C@H]1OC(O)[C@@H](O)[C@@H]1O)c1ccccc1. The molecule has 0 bridgehead atoms. The predicted octanol–water partition coefficient (Wildman–Crippen LogP) is -1.37. The van der Waals surface area contributed by atoms with Gasteiger partial charge < -0.3 is 35.5 Å². The number of hydrogen-bond donors (Lipinski definition) is 5. The van der Waals surface area contributed by atoms with Gasteiger partial charge in [-0.3, -0.25) is 0 Å². The fraction of sp³-hybridized carbons (Fsp3) is 0.312. The maximum atomic E-state index is 11.6. The Bertz CT molecular complexity index is 768. The maximum absolute atomic E-state index is 11.6. The summed E-state index contributed by atoms with van der Waals surface area (Å²) in [6.45, 7) is -0.233. The Labute approximate surface area is 147 Å². The molecule has 10 nitrogen and oxygen atoms in total. The van der Waals surface area contributed by atoms with Crippen LogP contribution in [0.1, 0.15) is 10.4 Å². The van der Waals surface area contributed by atoms with Crippen molar-refractivity contribution in [1.82, 2.24) is 9.97 Å². The molecule has 140 valence electrons. The summed E-state index contributed by atoms with van der Waals surface area (Å²) in [5.41, 5.74) is 5.10. The number of nitrogens with two attached hydrogens (primary N) is 1. The Morgan fingerprint density at radius 2 is 1.88 bits per heavy atom. The van der Waals surface area contributed by atoms with Gasteiger partial charge in [-0.05, 0) is 18.2 Å². The highest BCUT2D eigenvalue weighted by molar-refractivity contribution is 5.89. The summed E-state index contributed by atoms with van der Waals surface area (Å²) in [7, 11) is 0. The van der Waals surface area contributed by atoms with Crippen molar-refractivity contribution < 1.29 is 29.6 Å². The van der Waals surface area contributed by atoms with E-state index in [9.17, 15) is 19.8 Å². The van der Waals surface area contributed by atoms with E-state index in [-0.39, 0.29) is 12.4 Å². The van der Waals surface area contributed by atoms with E-state index in [1.54, 1.807) is 30.3 Å². The van der Waals surface area contributed by atoms with Gasteiger partial charge in [0.05, 0.1) is 5.56 Å². The average molecular weight is 365 g/mol. The predicted molar refractivity (Wildman–Crippen MR) is 88.9 cm³/mol. The van der Waals surface area contributed by atoms with E-state index < -0.39 is 36.3 Å². The first-order valence-electron chi connectivity index (χ1n) is 7.61. The average Bonchev–Trinajstić information content (AvgIpc) is 2.87. The van der Waals surface area contributed by atoms with E-state index in [1.807, 2.05) is 0 Å². The minimum Gasteiger partial charge on any atom is -0.459 e. The number of carbonyl (C=O) groups is 1. The molecule has 1 unspecified atom stereocenters. The number of H-pyrrole nitrogens is 1. The zero-order valence-electron chi connectivity index (χ0n) is 13.6. The van der Waals surface area contributed by atoms with Gasteiger partial charge in [-0.25, -0.2) is 9.59 Å². The van der Waals surface area contributed by atoms with E-state index >= 15 is 0 Å². The van der Waals surface area contributed by atoms with Crippen LogP contribution >= 0.6 is 0 Å². The highest BCUT2D eigenvalue weighted by atomic mass is 16.7. The molecule has 10 heteroatoms. The molecule has 0 aliphatic carbocycles. The summed E-state index contributed by atoms with van der Waals surface area (Å²) in [4.78, 5) is 27.5. The first kappa shape index (κ1) is 19.5. The Morgan fingerprint density at radius 3 is 2.38 bits per heavy atom. The second-order valence-electron chi connectivity index (χ2n) is 5.33. The van der Waals surface area contributed by atoms with Crippen molar-refractivity contribution in [2.75, 3.05) is 12.3 Å². The van der Waals surface area contributed by atoms with Crippen molar-refractivity contribution >= 4 is 11.8 Å². The monoisotopic (exact) mass is 365 g/mol. The third-order valence-electron chi connectivity index (χ3n) is 3.42. The molecular formula is C16H19N3O7. The number of carbonyl (C=O) groups excluding carboxylic acids is 1. The van der Waals surface area contributed by atoms with E-state index in [4.69, 9.17) is 20.3 Å². The second-order valence-corrected chi connectivity index (χ2v) is 5.33. The molecule has 6 N–H and O–H groups in total. The largest absolute Gasteiger partial charge is 0.459 e. The van der Waals surface area contributed by atoms with Crippen molar-refractivity contribution in [1.29, 1.82) is 0 Å². The lowest BCUT2D eigenvalue weighted by atomic mass is 10.1. The fourth-order valence-corrected chi connectivity index (χ4v) is 2.07. The number of aliphatic hydroxyl groups is 3. The lowest BCUT2D eigenvalue weighted by Gasteiger charge is -2.14. The Morgan fingerprint density at radius 1 is 1.19 bits per heavy atom. The topological polar surface area (TPSA) is 168 Å². The molecule has 0 radical (unpaired) electrons. The summed E-state index contributed by atoms with van der Waals surface area (Å²) >= 11 is 0. The fourth-order valence-electron chi connectivity index (χ4n) is 2.07. The van der Waals surface area contributed by atoms with Gasteiger partial charge in [0.2, 0.25) is 0 Å². The number of nitrogens with one attached hydrogen (secondary N) is 1. The van der Waals surface area contributed by atoms with Crippen molar-refractivity contribution in [2.45, 2.75) is 24.6 Å². The zero-order chi connectivity index (χ0) is 19.1. The highest BCUT2D eigenvalue weighted by Gasteiger charge is 2.42. The summed E-state index contributed by atoms with van der Waals surface area (Å²) in [6, 6.07) is 9.88. The molecule has 0 amide bonds. The Balaban J connectivity index is 0.000000254. The van der Waals surface area contributed by atoms with Gasteiger partial charge in [-0.15, -0.1) is 0 Å². The second kappa shape index (κ2) is 9.06. The van der Waals surface area contributed by atoms with Gasteiger partial charge in [0.1, 0.15) is 30.7 Å². The standard InChI is InChI=1S/C12H14O6.C4H5N3O/c13-9-8(18-12(16)10(9)14)6-17-11(15)7-4-2-1-3-5-7;5-3-1-2-6-4(8)7-3/h1-5,8-10,12-14,16H,6H2;1-2H,(H3,5,6,7,8)/t8-,9-,10+,12?;/m1./s1. The van der Waals surface area contributed by atoms with Crippen LogP contribution < -0.4 is 11.4 Å². The molecule has 0 spiro atoms. The Hall–Kier alpha value is -2.79. The molecule has 3 rings (SSSR count). The van der Waals surface area contributed by atoms with Crippen molar-refractivity contribution in [3.05, 3.63) is 58.6 Å². The molecule has 1 fully saturated rings. The summed E-state index contributed by atoms with van der Waals surface area (Å²) in [5.74, 6) is -0.309. The molecule has 2 aromatic rings. The van der Waals surface area contributed by atoms with E-state index in [2.05, 4.69) is 9.97 Å². The number of aliphatic hydroxyl groups excluding tert-OH is 3. The quantitative estimate of drug-likeness (QED) is 0.412. The molecule has 1 aliphatic heterocycles. The number of nitrogens with zero attached hydrogens (tertiary/aromatic N) is 1. The van der Waals surface area contributed by atoms with Gasteiger partial charge >= 0.3 is 11.7 Å². The van der Waals surface area contributed by atoms with Crippen LogP contribution in [0.3, 0.4) is 0 Å². The number of nitrogen functional groups attached to an aromatic ring is 1. The zero-order valence-corrected chi connectivity index (χ0v) is 13.6. The number of esters is 1. The molecule has 26 heavy (non-hydrogen) atoms. The molecule has 2 heterocycles. The van der Waals surface area contributed by atoms with Gasteiger partial charge in [-0.2, -0.15) is 4.98 Å². The van der Waals surface area contributed by atoms with Crippen LogP contribution in [-0.4, -0.2) is 62.5 Å². The Kier molecular flexibility index (Phi) is 6.81. The van der Waals surface area contributed by atoms with Crippen LogP contribution in [0.4, 0.5) is 5.82 Å². The van der Waals surface area contributed by atoms with Gasteiger partial charge in [-0.1, -0.05) is 18.2 Å². The number of benzene rings is 1. The normalized spacial score (nSPS) is 24.4. The summed E-state index contributed by atoms with van der Waals surface area (Å²) in [5, 5.41) is 27.9. The smallest absolute Gasteiger partial charge is 0.346 e. The van der Waals surface area contributed by atoms with E-state index in [0.717, 1.165) is 0 Å². The van der Waals surface area contributed by atoms with Crippen LogP contribution in [-0.2, 0) is 9.47 Å². The molecule has 1 aromatic heterocycles. The van der Waals surface area contributed by atoms with E-state index in [1.165, 1.54) is 12.3 Å². The van der Waals surface area contributed by atoms with Crippen LogP contribution in [0.5, 0.6) is 0 Å². The van der Waals surface area contributed by atoms with Crippen molar-refractivity contribution in [2.24, 2.45) is 0 Å².